The summed E-state index contributed by atoms with van der Waals surface area (Å²) in [4.78, 5) is 15.2. The van der Waals surface area contributed by atoms with Gasteiger partial charge in [0.15, 0.2) is 0 Å². The molecule has 0 aliphatic carbocycles. The molecule has 0 aliphatic rings. The Hall–Kier alpha value is -1.00. The van der Waals surface area contributed by atoms with E-state index in [1.807, 2.05) is 33.0 Å². The average Bonchev–Trinajstić information content (AvgIpc) is 2.38. The number of benzene rings is 1. The summed E-state index contributed by atoms with van der Waals surface area (Å²) >= 11 is 1.80. The zero-order valence-corrected chi connectivity index (χ0v) is 12.6. The molecule has 3 nitrogen and oxygen atoms in total. The molecule has 0 aliphatic heterocycles. The molecule has 0 spiro atoms. The fourth-order valence-corrected chi connectivity index (χ4v) is 2.24. The summed E-state index contributed by atoms with van der Waals surface area (Å²) in [5, 5.41) is 3.03. The van der Waals surface area contributed by atoms with Gasteiger partial charge in [-0.2, -0.15) is 0 Å². The lowest BCUT2D eigenvalue weighted by molar-refractivity contribution is -0.123. The molecule has 0 bridgehead atoms. The lowest BCUT2D eigenvalue weighted by Crippen LogP contribution is -2.51. The standard InChI is InChI=1S/C14H22N2OS/c1-6-18-12-9-7-11(8-10-12)16(5)13(17)14(2,3)15-4/h7-10,15H,6H2,1-5H3. The van der Waals surface area contributed by atoms with E-state index in [1.54, 1.807) is 23.7 Å². The van der Waals surface area contributed by atoms with Gasteiger partial charge in [-0.25, -0.2) is 0 Å². The summed E-state index contributed by atoms with van der Waals surface area (Å²) in [6, 6.07) is 8.09. The number of likely N-dealkylation sites (N-methyl/N-ethyl adjacent to an activating group) is 2. The topological polar surface area (TPSA) is 32.3 Å². The molecule has 0 atom stereocenters. The van der Waals surface area contributed by atoms with E-state index in [0.29, 0.717) is 0 Å². The number of nitrogens with one attached hydrogen (secondary N) is 1. The van der Waals surface area contributed by atoms with Crippen molar-refractivity contribution >= 4 is 23.4 Å². The number of hydrogen-bond acceptors (Lipinski definition) is 3. The van der Waals surface area contributed by atoms with Gasteiger partial charge in [0.05, 0.1) is 5.54 Å². The van der Waals surface area contributed by atoms with Crippen molar-refractivity contribution in [3.8, 4) is 0 Å². The van der Waals surface area contributed by atoms with Crippen LogP contribution in [0.15, 0.2) is 29.2 Å². The van der Waals surface area contributed by atoms with Gasteiger partial charge < -0.3 is 10.2 Å². The lowest BCUT2D eigenvalue weighted by Gasteiger charge is -2.29. The summed E-state index contributed by atoms with van der Waals surface area (Å²) in [5.41, 5.74) is 0.370. The van der Waals surface area contributed by atoms with Gasteiger partial charge in [0, 0.05) is 17.6 Å². The molecule has 4 heteroatoms. The van der Waals surface area contributed by atoms with Crippen molar-refractivity contribution < 1.29 is 4.79 Å². The number of nitrogens with zero attached hydrogens (tertiary/aromatic N) is 1. The van der Waals surface area contributed by atoms with Crippen molar-refractivity contribution in [1.82, 2.24) is 5.32 Å². The van der Waals surface area contributed by atoms with Crippen molar-refractivity contribution in [3.05, 3.63) is 24.3 Å². The Kier molecular flexibility index (Phi) is 5.23. The van der Waals surface area contributed by atoms with Crippen LogP contribution in [0.1, 0.15) is 20.8 Å². The highest BCUT2D eigenvalue weighted by Gasteiger charge is 2.28. The van der Waals surface area contributed by atoms with Gasteiger partial charge >= 0.3 is 0 Å². The first-order valence-corrected chi connectivity index (χ1v) is 7.11. The molecular formula is C14H22N2OS. The van der Waals surface area contributed by atoms with Gasteiger partial charge in [0.25, 0.3) is 0 Å². The van der Waals surface area contributed by atoms with Crippen LogP contribution in [0.2, 0.25) is 0 Å². The second-order valence-corrected chi connectivity index (χ2v) is 6.00. The first-order chi connectivity index (χ1) is 8.42. The minimum absolute atomic E-state index is 0.0564. The van der Waals surface area contributed by atoms with E-state index in [1.165, 1.54) is 4.90 Å². The maximum atomic E-state index is 12.3. The Labute approximate surface area is 114 Å². The smallest absolute Gasteiger partial charge is 0.246 e. The second-order valence-electron chi connectivity index (χ2n) is 4.67. The van der Waals surface area contributed by atoms with Crippen LogP contribution in [0.25, 0.3) is 0 Å². The molecule has 0 saturated heterocycles. The quantitative estimate of drug-likeness (QED) is 0.832. The van der Waals surface area contributed by atoms with E-state index in [0.717, 1.165) is 11.4 Å². The molecule has 0 heterocycles. The van der Waals surface area contributed by atoms with E-state index in [9.17, 15) is 4.79 Å². The van der Waals surface area contributed by atoms with Gasteiger partial charge in [-0.1, -0.05) is 6.92 Å². The van der Waals surface area contributed by atoms with Crippen LogP contribution in [0, 0.1) is 0 Å². The average molecular weight is 266 g/mol. The molecule has 0 radical (unpaired) electrons. The minimum atomic E-state index is -0.550. The highest BCUT2D eigenvalue weighted by Crippen LogP contribution is 2.22. The van der Waals surface area contributed by atoms with Gasteiger partial charge in [-0.05, 0) is 50.9 Å². The van der Waals surface area contributed by atoms with Crippen LogP contribution in [0.4, 0.5) is 5.69 Å². The third-order valence-corrected chi connectivity index (χ3v) is 3.89. The molecule has 0 fully saturated rings. The number of carbonyl (C=O) groups is 1. The van der Waals surface area contributed by atoms with Gasteiger partial charge in [0.2, 0.25) is 5.91 Å². The first-order valence-electron chi connectivity index (χ1n) is 6.12. The molecule has 18 heavy (non-hydrogen) atoms. The monoisotopic (exact) mass is 266 g/mol. The highest BCUT2D eigenvalue weighted by molar-refractivity contribution is 7.99. The molecule has 1 rings (SSSR count). The molecule has 1 amide bonds. The number of amides is 1. The molecule has 0 saturated carbocycles. The van der Waals surface area contributed by atoms with Crippen LogP contribution in [0.5, 0.6) is 0 Å². The predicted octanol–water partition coefficient (Wildman–Crippen LogP) is 2.76. The zero-order valence-electron chi connectivity index (χ0n) is 11.8. The zero-order chi connectivity index (χ0) is 13.8. The molecule has 1 aromatic carbocycles. The lowest BCUT2D eigenvalue weighted by atomic mass is 10.0. The fraction of sp³-hybridized carbons (Fsp3) is 0.500. The molecule has 0 aromatic heterocycles. The maximum absolute atomic E-state index is 12.3. The summed E-state index contributed by atoms with van der Waals surface area (Å²) < 4.78 is 0. The predicted molar refractivity (Wildman–Crippen MR) is 79.4 cm³/mol. The molecular weight excluding hydrogens is 244 g/mol. The van der Waals surface area contributed by atoms with Gasteiger partial charge in [-0.15, -0.1) is 11.8 Å². The van der Waals surface area contributed by atoms with Crippen molar-refractivity contribution in [1.29, 1.82) is 0 Å². The van der Waals surface area contributed by atoms with E-state index < -0.39 is 5.54 Å². The molecule has 0 unspecified atom stereocenters. The maximum Gasteiger partial charge on any atom is 0.246 e. The highest BCUT2D eigenvalue weighted by atomic mass is 32.2. The van der Waals surface area contributed by atoms with E-state index in [2.05, 4.69) is 24.4 Å². The van der Waals surface area contributed by atoms with Crippen LogP contribution >= 0.6 is 11.8 Å². The Morgan fingerprint density at radius 2 is 1.89 bits per heavy atom. The Morgan fingerprint density at radius 1 is 1.33 bits per heavy atom. The van der Waals surface area contributed by atoms with E-state index in [-0.39, 0.29) is 5.91 Å². The van der Waals surface area contributed by atoms with Crippen molar-refractivity contribution in [3.63, 3.8) is 0 Å². The summed E-state index contributed by atoms with van der Waals surface area (Å²) in [5.74, 6) is 1.11. The van der Waals surface area contributed by atoms with Crippen LogP contribution in [-0.4, -0.2) is 31.3 Å². The number of anilines is 1. The van der Waals surface area contributed by atoms with Crippen molar-refractivity contribution in [2.24, 2.45) is 0 Å². The first kappa shape index (κ1) is 15.1. The number of carbonyl (C=O) groups excluding carboxylic acids is 1. The van der Waals surface area contributed by atoms with E-state index >= 15 is 0 Å². The summed E-state index contributed by atoms with van der Waals surface area (Å²) in [6.07, 6.45) is 0. The van der Waals surface area contributed by atoms with Crippen LogP contribution in [0.3, 0.4) is 0 Å². The van der Waals surface area contributed by atoms with Crippen molar-refractivity contribution in [2.75, 3.05) is 24.7 Å². The van der Waals surface area contributed by atoms with Crippen molar-refractivity contribution in [2.45, 2.75) is 31.2 Å². The van der Waals surface area contributed by atoms with Crippen LogP contribution in [-0.2, 0) is 4.79 Å². The Bertz CT molecular complexity index is 401. The number of rotatable bonds is 5. The van der Waals surface area contributed by atoms with Crippen LogP contribution < -0.4 is 10.2 Å². The number of thioether (sulfide) groups is 1. The largest absolute Gasteiger partial charge is 0.314 e. The SMILES string of the molecule is CCSc1ccc(N(C)C(=O)C(C)(C)NC)cc1. The number of hydrogen-bond donors (Lipinski definition) is 1. The van der Waals surface area contributed by atoms with Gasteiger partial charge in [-0.3, -0.25) is 4.79 Å². The second kappa shape index (κ2) is 6.25. The minimum Gasteiger partial charge on any atom is -0.314 e. The molecule has 1 aromatic rings. The summed E-state index contributed by atoms with van der Waals surface area (Å²) in [7, 11) is 3.61. The normalized spacial score (nSPS) is 11.4. The third-order valence-electron chi connectivity index (χ3n) is 3.00. The Balaban J connectivity index is 2.84. The van der Waals surface area contributed by atoms with E-state index in [4.69, 9.17) is 0 Å². The summed E-state index contributed by atoms with van der Waals surface area (Å²) in [6.45, 7) is 5.89. The van der Waals surface area contributed by atoms with Gasteiger partial charge in [0.1, 0.15) is 0 Å². The molecule has 1 N–H and O–H groups in total. The molecule has 100 valence electrons. The fourth-order valence-electron chi connectivity index (χ4n) is 1.58. The Morgan fingerprint density at radius 3 is 2.33 bits per heavy atom. The third kappa shape index (κ3) is 3.50.